The molecule has 3 N–H and O–H groups in total. The zero-order chi connectivity index (χ0) is 17.4. The maximum absolute atomic E-state index is 12.1. The van der Waals surface area contributed by atoms with Crippen molar-refractivity contribution in [1.82, 2.24) is 10.3 Å². The van der Waals surface area contributed by atoms with Crippen molar-refractivity contribution in [3.8, 4) is 0 Å². The molecule has 0 bridgehead atoms. The number of nitrogens with zero attached hydrogens (tertiary/aromatic N) is 1. The molecule has 2 rings (SSSR count). The van der Waals surface area contributed by atoms with E-state index in [9.17, 15) is 14.7 Å². The van der Waals surface area contributed by atoms with Gasteiger partial charge in [0.2, 0.25) is 5.91 Å². The molecule has 1 aromatic heterocycles. The molecule has 0 unspecified atom stereocenters. The lowest BCUT2D eigenvalue weighted by Gasteiger charge is -2.14. The molecule has 24 heavy (non-hydrogen) atoms. The highest BCUT2D eigenvalue weighted by molar-refractivity contribution is 5.94. The number of aromatic nitrogens is 1. The van der Waals surface area contributed by atoms with Crippen molar-refractivity contribution < 1.29 is 14.7 Å². The van der Waals surface area contributed by atoms with Gasteiger partial charge in [-0.2, -0.15) is 0 Å². The summed E-state index contributed by atoms with van der Waals surface area (Å²) in [5.41, 5.74) is 2.70. The monoisotopic (exact) mass is 327 g/mol. The number of hydrogen-bond donors (Lipinski definition) is 3. The van der Waals surface area contributed by atoms with E-state index >= 15 is 0 Å². The van der Waals surface area contributed by atoms with Crippen molar-refractivity contribution in [1.29, 1.82) is 0 Å². The molecule has 1 atom stereocenters. The van der Waals surface area contributed by atoms with E-state index in [4.69, 9.17) is 0 Å². The van der Waals surface area contributed by atoms with Crippen LogP contribution in [0.5, 0.6) is 0 Å². The molecule has 0 saturated carbocycles. The lowest BCUT2D eigenvalue weighted by Crippen LogP contribution is -2.39. The summed E-state index contributed by atoms with van der Waals surface area (Å²) in [6.07, 6.45) is 4.08. The quantitative estimate of drug-likeness (QED) is 0.691. The Morgan fingerprint density at radius 3 is 2.50 bits per heavy atom. The second kappa shape index (κ2) is 8.79. The van der Waals surface area contributed by atoms with Gasteiger partial charge in [0.05, 0.1) is 6.42 Å². The molecule has 1 aromatic carbocycles. The molecule has 1 heterocycles. The lowest BCUT2D eigenvalue weighted by molar-refractivity contribution is -0.141. The number of pyridine rings is 1. The first kappa shape index (κ1) is 17.6. The van der Waals surface area contributed by atoms with E-state index in [1.165, 1.54) is 5.56 Å². The van der Waals surface area contributed by atoms with Gasteiger partial charge in [0.25, 0.3) is 0 Å². The number of anilines is 1. The third-order valence-electron chi connectivity index (χ3n) is 3.61. The number of carbonyl (C=O) groups is 2. The minimum absolute atomic E-state index is 0.148. The van der Waals surface area contributed by atoms with Crippen molar-refractivity contribution >= 4 is 17.6 Å². The molecule has 0 spiro atoms. The predicted octanol–water partition coefficient (Wildman–Crippen LogP) is 2.22. The second-order valence-corrected chi connectivity index (χ2v) is 5.44. The van der Waals surface area contributed by atoms with Gasteiger partial charge in [-0.1, -0.05) is 25.1 Å². The van der Waals surface area contributed by atoms with Crippen LogP contribution in [-0.2, 0) is 22.6 Å². The molecule has 0 aliphatic carbocycles. The average Bonchev–Trinajstić information content (AvgIpc) is 2.60. The van der Waals surface area contributed by atoms with Crippen LogP contribution in [0.25, 0.3) is 0 Å². The predicted molar refractivity (Wildman–Crippen MR) is 91.6 cm³/mol. The smallest absolute Gasteiger partial charge is 0.321 e. The molecule has 126 valence electrons. The average molecular weight is 327 g/mol. The van der Waals surface area contributed by atoms with Gasteiger partial charge in [0, 0.05) is 24.6 Å². The number of benzene rings is 1. The van der Waals surface area contributed by atoms with E-state index in [1.807, 2.05) is 30.3 Å². The van der Waals surface area contributed by atoms with Gasteiger partial charge in [-0.3, -0.25) is 19.9 Å². The number of carbonyl (C=O) groups excluding carboxylic acids is 1. The Balaban J connectivity index is 1.89. The van der Waals surface area contributed by atoms with Crippen LogP contribution in [0, 0.1) is 0 Å². The number of aliphatic carboxylic acids is 1. The number of nitrogens with one attached hydrogen (secondary N) is 2. The summed E-state index contributed by atoms with van der Waals surface area (Å²) in [4.78, 5) is 27.4. The van der Waals surface area contributed by atoms with E-state index in [1.54, 1.807) is 18.5 Å². The van der Waals surface area contributed by atoms with Crippen LogP contribution in [-0.4, -0.2) is 28.0 Å². The molecule has 0 aliphatic rings. The molecule has 2 aromatic rings. The number of amides is 1. The molecule has 0 saturated heterocycles. The Morgan fingerprint density at radius 1 is 1.17 bits per heavy atom. The van der Waals surface area contributed by atoms with Crippen LogP contribution in [0.4, 0.5) is 5.69 Å². The molecule has 0 fully saturated rings. The fourth-order valence-electron chi connectivity index (χ4n) is 2.21. The number of carboxylic acid groups (broad SMARTS) is 1. The highest BCUT2D eigenvalue weighted by Gasteiger charge is 2.20. The number of aryl methyl sites for hydroxylation is 1. The SMILES string of the molecule is CCc1ccc(NC(=O)C[C@H](NCc2cccnc2)C(=O)O)cc1. The van der Waals surface area contributed by atoms with E-state index < -0.39 is 12.0 Å². The number of rotatable bonds is 8. The summed E-state index contributed by atoms with van der Waals surface area (Å²) < 4.78 is 0. The number of carboxylic acids is 1. The third kappa shape index (κ3) is 5.48. The van der Waals surface area contributed by atoms with Gasteiger partial charge in [0.15, 0.2) is 0 Å². The summed E-state index contributed by atoms with van der Waals surface area (Å²) in [5.74, 6) is -1.40. The highest BCUT2D eigenvalue weighted by atomic mass is 16.4. The van der Waals surface area contributed by atoms with Gasteiger partial charge >= 0.3 is 5.97 Å². The minimum atomic E-state index is -1.06. The van der Waals surface area contributed by atoms with E-state index in [0.717, 1.165) is 12.0 Å². The number of hydrogen-bond acceptors (Lipinski definition) is 4. The Kier molecular flexibility index (Phi) is 6.45. The molecule has 0 aliphatic heterocycles. The molecule has 6 heteroatoms. The van der Waals surface area contributed by atoms with Crippen molar-refractivity contribution in [3.63, 3.8) is 0 Å². The summed E-state index contributed by atoms with van der Waals surface area (Å²) in [6.45, 7) is 2.39. The van der Waals surface area contributed by atoms with E-state index in [-0.39, 0.29) is 12.3 Å². The van der Waals surface area contributed by atoms with Crippen LogP contribution in [0.1, 0.15) is 24.5 Å². The van der Waals surface area contributed by atoms with Gasteiger partial charge < -0.3 is 10.4 Å². The van der Waals surface area contributed by atoms with Crippen LogP contribution in [0.2, 0.25) is 0 Å². The Hall–Kier alpha value is -2.73. The largest absolute Gasteiger partial charge is 0.480 e. The van der Waals surface area contributed by atoms with Gasteiger partial charge in [-0.15, -0.1) is 0 Å². The van der Waals surface area contributed by atoms with Gasteiger partial charge in [0.1, 0.15) is 6.04 Å². The van der Waals surface area contributed by atoms with Crippen LogP contribution in [0.3, 0.4) is 0 Å². The van der Waals surface area contributed by atoms with Crippen LogP contribution >= 0.6 is 0 Å². The minimum Gasteiger partial charge on any atom is -0.480 e. The van der Waals surface area contributed by atoms with E-state index in [2.05, 4.69) is 22.5 Å². The third-order valence-corrected chi connectivity index (χ3v) is 3.61. The maximum Gasteiger partial charge on any atom is 0.321 e. The second-order valence-electron chi connectivity index (χ2n) is 5.44. The molecule has 1 amide bonds. The lowest BCUT2D eigenvalue weighted by atomic mass is 10.1. The first-order valence-corrected chi connectivity index (χ1v) is 7.82. The normalized spacial score (nSPS) is 11.7. The highest BCUT2D eigenvalue weighted by Crippen LogP contribution is 2.11. The Labute approximate surface area is 140 Å². The first-order chi connectivity index (χ1) is 11.6. The molecule has 0 radical (unpaired) electrons. The standard InChI is InChI=1S/C18H21N3O3/c1-2-13-5-7-15(8-6-13)21-17(22)10-16(18(23)24)20-12-14-4-3-9-19-11-14/h3-9,11,16,20H,2,10,12H2,1H3,(H,21,22)(H,23,24)/t16-/m0/s1. The summed E-state index contributed by atoms with van der Waals surface area (Å²) in [7, 11) is 0. The zero-order valence-corrected chi connectivity index (χ0v) is 13.5. The van der Waals surface area contributed by atoms with Gasteiger partial charge in [-0.25, -0.2) is 0 Å². The zero-order valence-electron chi connectivity index (χ0n) is 13.5. The topological polar surface area (TPSA) is 91.3 Å². The summed E-state index contributed by atoms with van der Waals surface area (Å²) in [6, 6.07) is 10.2. The molecular formula is C18H21N3O3. The molecular weight excluding hydrogens is 306 g/mol. The summed E-state index contributed by atoms with van der Waals surface area (Å²) in [5, 5.41) is 14.9. The van der Waals surface area contributed by atoms with Crippen molar-refractivity contribution in [2.75, 3.05) is 5.32 Å². The van der Waals surface area contributed by atoms with Gasteiger partial charge in [-0.05, 0) is 35.7 Å². The Bertz CT molecular complexity index is 672. The molecule has 6 nitrogen and oxygen atoms in total. The maximum atomic E-state index is 12.1. The summed E-state index contributed by atoms with van der Waals surface area (Å²) >= 11 is 0. The van der Waals surface area contributed by atoms with Crippen molar-refractivity contribution in [2.24, 2.45) is 0 Å². The van der Waals surface area contributed by atoms with E-state index in [0.29, 0.717) is 12.2 Å². The first-order valence-electron chi connectivity index (χ1n) is 7.82. The fourth-order valence-corrected chi connectivity index (χ4v) is 2.21. The van der Waals surface area contributed by atoms with Crippen LogP contribution < -0.4 is 10.6 Å². The fraction of sp³-hybridized carbons (Fsp3) is 0.278. The van der Waals surface area contributed by atoms with Crippen molar-refractivity contribution in [2.45, 2.75) is 32.4 Å². The van der Waals surface area contributed by atoms with Crippen LogP contribution in [0.15, 0.2) is 48.8 Å². The van der Waals surface area contributed by atoms with Crippen molar-refractivity contribution in [3.05, 3.63) is 59.9 Å². The Morgan fingerprint density at radius 2 is 1.92 bits per heavy atom.